The lowest BCUT2D eigenvalue weighted by Gasteiger charge is -2.34. The molecule has 2 nitrogen and oxygen atoms in total. The van der Waals surface area contributed by atoms with E-state index in [9.17, 15) is 0 Å². The highest BCUT2D eigenvalue weighted by atomic mass is 16.5. The first-order valence-corrected chi connectivity index (χ1v) is 5.21. The lowest BCUT2D eigenvalue weighted by molar-refractivity contribution is 0.0538. The van der Waals surface area contributed by atoms with Crippen LogP contribution in [-0.2, 0) is 4.74 Å². The molecule has 3 fully saturated rings. The van der Waals surface area contributed by atoms with E-state index in [0.29, 0.717) is 17.6 Å². The van der Waals surface area contributed by atoms with Crippen LogP contribution < -0.4 is 5.73 Å². The van der Waals surface area contributed by atoms with Gasteiger partial charge in [0.2, 0.25) is 0 Å². The molecule has 0 radical (unpaired) electrons. The molecule has 1 saturated carbocycles. The van der Waals surface area contributed by atoms with Crippen LogP contribution in [0.2, 0.25) is 0 Å². The third kappa shape index (κ3) is 0.775. The Morgan fingerprint density at radius 1 is 1.25 bits per heavy atom. The maximum Gasteiger partial charge on any atom is 0.0651 e. The van der Waals surface area contributed by atoms with Gasteiger partial charge < -0.3 is 10.5 Å². The van der Waals surface area contributed by atoms with E-state index < -0.39 is 0 Å². The van der Waals surface area contributed by atoms with Gasteiger partial charge in [-0.2, -0.15) is 0 Å². The Labute approximate surface area is 73.5 Å². The van der Waals surface area contributed by atoms with Gasteiger partial charge in [-0.25, -0.2) is 0 Å². The van der Waals surface area contributed by atoms with Gasteiger partial charge in [0, 0.05) is 12.0 Å². The molecule has 0 aromatic rings. The minimum Gasteiger partial charge on any atom is -0.374 e. The summed E-state index contributed by atoms with van der Waals surface area (Å²) in [6, 6.07) is 0. The molecule has 2 saturated heterocycles. The van der Waals surface area contributed by atoms with Gasteiger partial charge in [0.05, 0.1) is 12.2 Å². The summed E-state index contributed by atoms with van der Waals surface area (Å²) in [7, 11) is 0. The van der Waals surface area contributed by atoms with Crippen LogP contribution in [0.3, 0.4) is 0 Å². The van der Waals surface area contributed by atoms with Gasteiger partial charge in [0.1, 0.15) is 0 Å². The van der Waals surface area contributed by atoms with Crippen LogP contribution in [0.5, 0.6) is 0 Å². The van der Waals surface area contributed by atoms with Crippen LogP contribution >= 0.6 is 0 Å². The van der Waals surface area contributed by atoms with E-state index in [1.807, 2.05) is 0 Å². The van der Waals surface area contributed by atoms with Crippen molar-refractivity contribution in [1.82, 2.24) is 0 Å². The summed E-state index contributed by atoms with van der Waals surface area (Å²) in [6.07, 6.45) is 7.74. The predicted molar refractivity (Wildman–Crippen MR) is 46.7 cm³/mol. The topological polar surface area (TPSA) is 35.2 Å². The van der Waals surface area contributed by atoms with Crippen molar-refractivity contribution in [3.63, 3.8) is 0 Å². The van der Waals surface area contributed by atoms with Crippen molar-refractivity contribution in [2.24, 2.45) is 17.1 Å². The average Bonchev–Trinajstić information content (AvgIpc) is 2.78. The standard InChI is InChI=1S/C10H17NO/c11-6-10(7-1-2-7)5-8-3-4-9(10)12-8/h7-9H,1-6,11H2. The van der Waals surface area contributed by atoms with Gasteiger partial charge in [0.15, 0.2) is 0 Å². The summed E-state index contributed by atoms with van der Waals surface area (Å²) >= 11 is 0. The second kappa shape index (κ2) is 2.24. The molecule has 2 heteroatoms. The fourth-order valence-electron chi connectivity index (χ4n) is 3.30. The number of hydrogen-bond acceptors (Lipinski definition) is 2. The fraction of sp³-hybridized carbons (Fsp3) is 1.00. The molecule has 1 aliphatic carbocycles. The van der Waals surface area contributed by atoms with Crippen molar-refractivity contribution in [1.29, 1.82) is 0 Å². The minimum absolute atomic E-state index is 0.420. The van der Waals surface area contributed by atoms with Crippen LogP contribution in [-0.4, -0.2) is 18.8 Å². The zero-order valence-electron chi connectivity index (χ0n) is 7.46. The van der Waals surface area contributed by atoms with E-state index in [2.05, 4.69) is 0 Å². The van der Waals surface area contributed by atoms with E-state index in [-0.39, 0.29) is 0 Å². The van der Waals surface area contributed by atoms with Gasteiger partial charge in [-0.15, -0.1) is 0 Å². The first-order valence-electron chi connectivity index (χ1n) is 5.21. The second-order valence-corrected chi connectivity index (χ2v) is 4.74. The molecule has 3 rings (SSSR count). The molecule has 2 heterocycles. The summed E-state index contributed by atoms with van der Waals surface area (Å²) in [4.78, 5) is 0. The summed E-state index contributed by atoms with van der Waals surface area (Å²) in [6.45, 7) is 0.860. The maximum atomic E-state index is 5.92. The lowest BCUT2D eigenvalue weighted by atomic mass is 9.70. The zero-order valence-corrected chi connectivity index (χ0v) is 7.46. The normalized spacial score (nSPS) is 51.8. The summed E-state index contributed by atoms with van der Waals surface area (Å²) in [5.41, 5.74) is 6.34. The summed E-state index contributed by atoms with van der Waals surface area (Å²) < 4.78 is 5.90. The number of fused-ring (bicyclic) bond motifs is 2. The molecule has 3 atom stereocenters. The van der Waals surface area contributed by atoms with Gasteiger partial charge in [-0.1, -0.05) is 0 Å². The Kier molecular flexibility index (Phi) is 1.37. The molecule has 68 valence electrons. The minimum atomic E-state index is 0.420. The quantitative estimate of drug-likeness (QED) is 0.672. The third-order valence-electron chi connectivity index (χ3n) is 4.13. The average molecular weight is 167 g/mol. The first-order chi connectivity index (χ1) is 5.85. The van der Waals surface area contributed by atoms with E-state index in [4.69, 9.17) is 10.5 Å². The van der Waals surface area contributed by atoms with Crippen LogP contribution in [0.15, 0.2) is 0 Å². The van der Waals surface area contributed by atoms with Crippen molar-refractivity contribution < 1.29 is 4.74 Å². The molecule has 2 bridgehead atoms. The Hall–Kier alpha value is -0.0800. The lowest BCUT2D eigenvalue weighted by Crippen LogP contribution is -2.41. The molecule has 12 heavy (non-hydrogen) atoms. The molecule has 0 spiro atoms. The molecule has 2 aliphatic heterocycles. The molecular formula is C10H17NO. The monoisotopic (exact) mass is 167 g/mol. The Bertz CT molecular complexity index is 202. The molecule has 2 N–H and O–H groups in total. The zero-order chi connectivity index (χ0) is 8.18. The van der Waals surface area contributed by atoms with Crippen LogP contribution in [0.4, 0.5) is 0 Å². The van der Waals surface area contributed by atoms with Gasteiger partial charge in [0.25, 0.3) is 0 Å². The van der Waals surface area contributed by atoms with Crippen molar-refractivity contribution in [2.45, 2.75) is 44.3 Å². The first kappa shape index (κ1) is 7.34. The molecule has 0 aromatic carbocycles. The highest BCUT2D eigenvalue weighted by Gasteiger charge is 2.58. The molecule has 3 unspecified atom stereocenters. The van der Waals surface area contributed by atoms with Crippen LogP contribution in [0.25, 0.3) is 0 Å². The smallest absolute Gasteiger partial charge is 0.0651 e. The molecular weight excluding hydrogens is 150 g/mol. The highest BCUT2D eigenvalue weighted by Crippen LogP contribution is 2.58. The Morgan fingerprint density at radius 2 is 2.08 bits per heavy atom. The van der Waals surface area contributed by atoms with E-state index in [0.717, 1.165) is 12.5 Å². The van der Waals surface area contributed by atoms with E-state index in [1.54, 1.807) is 0 Å². The van der Waals surface area contributed by atoms with E-state index >= 15 is 0 Å². The van der Waals surface area contributed by atoms with Gasteiger partial charge in [-0.05, 0) is 38.0 Å². The van der Waals surface area contributed by atoms with Crippen molar-refractivity contribution in [3.05, 3.63) is 0 Å². The number of hydrogen-bond donors (Lipinski definition) is 1. The van der Waals surface area contributed by atoms with Crippen molar-refractivity contribution >= 4 is 0 Å². The van der Waals surface area contributed by atoms with Crippen molar-refractivity contribution in [3.8, 4) is 0 Å². The van der Waals surface area contributed by atoms with E-state index in [1.165, 1.54) is 32.1 Å². The molecule has 3 aliphatic rings. The number of rotatable bonds is 2. The number of nitrogens with two attached hydrogens (primary N) is 1. The van der Waals surface area contributed by atoms with Gasteiger partial charge in [-0.3, -0.25) is 0 Å². The second-order valence-electron chi connectivity index (χ2n) is 4.74. The van der Waals surface area contributed by atoms with Crippen LogP contribution in [0, 0.1) is 11.3 Å². The maximum absolute atomic E-state index is 5.92. The highest BCUT2D eigenvalue weighted by molar-refractivity contribution is 5.07. The largest absolute Gasteiger partial charge is 0.374 e. The van der Waals surface area contributed by atoms with Crippen LogP contribution in [0.1, 0.15) is 32.1 Å². The van der Waals surface area contributed by atoms with Crippen molar-refractivity contribution in [2.75, 3.05) is 6.54 Å². The Morgan fingerprint density at radius 3 is 2.50 bits per heavy atom. The summed E-state index contributed by atoms with van der Waals surface area (Å²) in [5.74, 6) is 0.915. The molecule has 0 aromatic heterocycles. The SMILES string of the molecule is NCC1(C2CC2)CC2CCC1O2. The predicted octanol–water partition coefficient (Wildman–Crippen LogP) is 1.29. The molecule has 0 amide bonds. The fourth-order valence-corrected chi connectivity index (χ4v) is 3.30. The number of ether oxygens (including phenoxy) is 1. The van der Waals surface area contributed by atoms with Gasteiger partial charge >= 0.3 is 0 Å². The third-order valence-corrected chi connectivity index (χ3v) is 4.13. The summed E-state index contributed by atoms with van der Waals surface area (Å²) in [5, 5.41) is 0. The Balaban J connectivity index is 1.88.